The van der Waals surface area contributed by atoms with Crippen LogP contribution in [0.5, 0.6) is 0 Å². The lowest BCUT2D eigenvalue weighted by Crippen LogP contribution is -2.22. The van der Waals surface area contributed by atoms with Crippen molar-refractivity contribution in [2.24, 2.45) is 5.41 Å². The highest BCUT2D eigenvalue weighted by molar-refractivity contribution is 5.33. The quantitative estimate of drug-likeness (QED) is 0.775. The van der Waals surface area contributed by atoms with Crippen LogP contribution in [0.2, 0.25) is 0 Å². The zero-order chi connectivity index (χ0) is 15.6. The van der Waals surface area contributed by atoms with Crippen molar-refractivity contribution in [2.45, 2.75) is 45.8 Å². The molecule has 20 heavy (non-hydrogen) atoms. The Balaban J connectivity index is 3.10. The molecule has 0 aliphatic carbocycles. The van der Waals surface area contributed by atoms with Crippen LogP contribution >= 0.6 is 0 Å². The standard InChI is InChI=1S/C15H21F4N/c1-14(2,3)8-7-13(20-4)11-9-10(16)5-6-12(11)15(17,18)19/h5-6,9,13,20H,7-8H2,1-4H3. The fourth-order valence-corrected chi connectivity index (χ4v) is 2.11. The van der Waals surface area contributed by atoms with Crippen molar-refractivity contribution in [1.29, 1.82) is 0 Å². The second kappa shape index (κ2) is 6.12. The summed E-state index contributed by atoms with van der Waals surface area (Å²) in [6.45, 7) is 6.07. The summed E-state index contributed by atoms with van der Waals surface area (Å²) in [4.78, 5) is 0. The molecule has 5 heteroatoms. The summed E-state index contributed by atoms with van der Waals surface area (Å²) in [5.41, 5.74) is -0.780. The van der Waals surface area contributed by atoms with Crippen LogP contribution in [0.1, 0.15) is 50.8 Å². The molecule has 0 radical (unpaired) electrons. The van der Waals surface area contributed by atoms with Crippen LogP contribution in [0.15, 0.2) is 18.2 Å². The number of hydrogen-bond donors (Lipinski definition) is 1. The smallest absolute Gasteiger partial charge is 0.313 e. The topological polar surface area (TPSA) is 12.0 Å². The summed E-state index contributed by atoms with van der Waals surface area (Å²) >= 11 is 0. The third-order valence-electron chi connectivity index (χ3n) is 3.23. The molecule has 0 aliphatic heterocycles. The number of nitrogens with one attached hydrogen (secondary N) is 1. The monoisotopic (exact) mass is 291 g/mol. The summed E-state index contributed by atoms with van der Waals surface area (Å²) in [6, 6.07) is 2.13. The molecule has 0 amide bonds. The summed E-state index contributed by atoms with van der Waals surface area (Å²) in [5, 5.41) is 2.86. The molecule has 1 nitrogen and oxygen atoms in total. The third kappa shape index (κ3) is 4.78. The van der Waals surface area contributed by atoms with E-state index in [2.05, 4.69) is 5.32 Å². The van der Waals surface area contributed by atoms with Gasteiger partial charge in [-0.15, -0.1) is 0 Å². The number of alkyl halides is 3. The molecular formula is C15H21F4N. The van der Waals surface area contributed by atoms with Gasteiger partial charge in [0.05, 0.1) is 5.56 Å². The first-order chi connectivity index (χ1) is 9.04. The molecule has 1 unspecified atom stereocenters. The van der Waals surface area contributed by atoms with E-state index in [-0.39, 0.29) is 11.0 Å². The zero-order valence-corrected chi connectivity index (χ0v) is 12.2. The van der Waals surface area contributed by atoms with E-state index in [1.165, 1.54) is 0 Å². The zero-order valence-electron chi connectivity index (χ0n) is 12.2. The fourth-order valence-electron chi connectivity index (χ4n) is 2.11. The minimum atomic E-state index is -4.47. The van der Waals surface area contributed by atoms with Crippen LogP contribution in [0.4, 0.5) is 17.6 Å². The van der Waals surface area contributed by atoms with Gasteiger partial charge in [0.15, 0.2) is 0 Å². The summed E-state index contributed by atoms with van der Waals surface area (Å²) < 4.78 is 52.3. The Labute approximate surface area is 117 Å². The number of benzene rings is 1. The van der Waals surface area contributed by atoms with Gasteiger partial charge in [0.2, 0.25) is 0 Å². The van der Waals surface area contributed by atoms with Crippen molar-refractivity contribution in [3.63, 3.8) is 0 Å². The predicted molar refractivity (Wildman–Crippen MR) is 71.9 cm³/mol. The molecule has 0 fully saturated rings. The van der Waals surface area contributed by atoms with Crippen molar-refractivity contribution in [3.8, 4) is 0 Å². The van der Waals surface area contributed by atoms with Crippen molar-refractivity contribution in [3.05, 3.63) is 35.1 Å². The predicted octanol–water partition coefficient (Wildman–Crippen LogP) is 4.93. The molecule has 1 rings (SSSR count). The second-order valence-corrected chi connectivity index (χ2v) is 6.17. The van der Waals surface area contributed by atoms with Gasteiger partial charge in [-0.1, -0.05) is 20.8 Å². The van der Waals surface area contributed by atoms with E-state index >= 15 is 0 Å². The molecule has 1 aromatic carbocycles. The lowest BCUT2D eigenvalue weighted by Gasteiger charge is -2.25. The van der Waals surface area contributed by atoms with E-state index in [4.69, 9.17) is 0 Å². The molecule has 0 aliphatic rings. The summed E-state index contributed by atoms with van der Waals surface area (Å²) in [7, 11) is 1.60. The highest BCUT2D eigenvalue weighted by atomic mass is 19.4. The van der Waals surface area contributed by atoms with Gasteiger partial charge in [-0.3, -0.25) is 0 Å². The van der Waals surface area contributed by atoms with E-state index in [9.17, 15) is 17.6 Å². The first kappa shape index (κ1) is 17.0. The van der Waals surface area contributed by atoms with Crippen molar-refractivity contribution < 1.29 is 17.6 Å². The SMILES string of the molecule is CNC(CCC(C)(C)C)c1cc(F)ccc1C(F)(F)F. The summed E-state index contributed by atoms with van der Waals surface area (Å²) in [5.74, 6) is -0.649. The van der Waals surface area contributed by atoms with Gasteiger partial charge in [-0.2, -0.15) is 13.2 Å². The first-order valence-electron chi connectivity index (χ1n) is 6.58. The Bertz CT molecular complexity index is 446. The Kier molecular flexibility index (Phi) is 5.19. The minimum absolute atomic E-state index is 0.0147. The lowest BCUT2D eigenvalue weighted by atomic mass is 9.86. The van der Waals surface area contributed by atoms with Crippen LogP contribution in [0, 0.1) is 11.2 Å². The van der Waals surface area contributed by atoms with Gasteiger partial charge in [-0.05, 0) is 49.1 Å². The molecule has 114 valence electrons. The molecule has 0 aromatic heterocycles. The highest BCUT2D eigenvalue weighted by Crippen LogP contribution is 2.37. The van der Waals surface area contributed by atoms with E-state index in [0.717, 1.165) is 24.6 Å². The molecule has 0 heterocycles. The average Bonchev–Trinajstić information content (AvgIpc) is 2.26. The Morgan fingerprint density at radius 1 is 1.15 bits per heavy atom. The molecule has 1 aromatic rings. The van der Waals surface area contributed by atoms with Gasteiger partial charge in [-0.25, -0.2) is 4.39 Å². The van der Waals surface area contributed by atoms with Crippen molar-refractivity contribution in [1.82, 2.24) is 5.32 Å². The van der Waals surface area contributed by atoms with Gasteiger partial charge < -0.3 is 5.32 Å². The molecule has 0 spiro atoms. The molecule has 0 saturated heterocycles. The van der Waals surface area contributed by atoms with Crippen LogP contribution in [0.3, 0.4) is 0 Å². The first-order valence-corrected chi connectivity index (χ1v) is 6.58. The van der Waals surface area contributed by atoms with Crippen LogP contribution in [-0.4, -0.2) is 7.05 Å². The van der Waals surface area contributed by atoms with Gasteiger partial charge in [0.25, 0.3) is 0 Å². The van der Waals surface area contributed by atoms with Crippen molar-refractivity contribution >= 4 is 0 Å². The maximum Gasteiger partial charge on any atom is 0.416 e. The molecular weight excluding hydrogens is 270 g/mol. The summed E-state index contributed by atoms with van der Waals surface area (Å²) in [6.07, 6.45) is -3.21. The number of rotatable bonds is 4. The minimum Gasteiger partial charge on any atom is -0.313 e. The largest absolute Gasteiger partial charge is 0.416 e. The van der Waals surface area contributed by atoms with Gasteiger partial charge >= 0.3 is 6.18 Å². The third-order valence-corrected chi connectivity index (χ3v) is 3.23. The highest BCUT2D eigenvalue weighted by Gasteiger charge is 2.35. The normalized spacial score (nSPS) is 14.4. The fraction of sp³-hybridized carbons (Fsp3) is 0.600. The lowest BCUT2D eigenvalue weighted by molar-refractivity contribution is -0.138. The average molecular weight is 291 g/mol. The van der Waals surface area contributed by atoms with Crippen molar-refractivity contribution in [2.75, 3.05) is 7.05 Å². The second-order valence-electron chi connectivity index (χ2n) is 6.17. The van der Waals surface area contributed by atoms with E-state index in [1.54, 1.807) is 7.05 Å². The molecule has 1 atom stereocenters. The Morgan fingerprint density at radius 3 is 2.20 bits per heavy atom. The van der Waals surface area contributed by atoms with E-state index in [1.807, 2.05) is 20.8 Å². The molecule has 0 bridgehead atoms. The van der Waals surface area contributed by atoms with Gasteiger partial charge in [0, 0.05) is 6.04 Å². The number of hydrogen-bond acceptors (Lipinski definition) is 1. The van der Waals surface area contributed by atoms with Crippen LogP contribution in [-0.2, 0) is 6.18 Å². The number of halogens is 4. The molecule has 1 N–H and O–H groups in total. The van der Waals surface area contributed by atoms with Gasteiger partial charge in [0.1, 0.15) is 5.82 Å². The van der Waals surface area contributed by atoms with Crippen LogP contribution < -0.4 is 5.32 Å². The maximum atomic E-state index is 13.3. The van der Waals surface area contributed by atoms with E-state index < -0.39 is 23.6 Å². The van der Waals surface area contributed by atoms with E-state index in [0.29, 0.717) is 6.42 Å². The Morgan fingerprint density at radius 2 is 1.75 bits per heavy atom. The Hall–Kier alpha value is -1.10. The maximum absolute atomic E-state index is 13.3. The molecule has 0 saturated carbocycles. The van der Waals surface area contributed by atoms with Crippen LogP contribution in [0.25, 0.3) is 0 Å².